The Morgan fingerprint density at radius 1 is 1.17 bits per heavy atom. The first-order valence-electron chi connectivity index (χ1n) is 8.75. The van der Waals surface area contributed by atoms with Crippen LogP contribution in [0, 0.1) is 0 Å². The lowest BCUT2D eigenvalue weighted by Gasteiger charge is -2.23. The molecule has 2 aromatic rings. The number of nitrogens with one attached hydrogen (secondary N) is 1. The quantitative estimate of drug-likeness (QED) is 0.855. The molecule has 0 saturated heterocycles. The first kappa shape index (κ1) is 15.9. The maximum atomic E-state index is 5.43. The van der Waals surface area contributed by atoms with Gasteiger partial charge in [0.05, 0.1) is 19.0 Å². The minimum atomic E-state index is 0.585. The van der Waals surface area contributed by atoms with Crippen molar-refractivity contribution in [3.8, 4) is 5.75 Å². The maximum Gasteiger partial charge on any atom is 0.136 e. The smallest absolute Gasteiger partial charge is 0.136 e. The van der Waals surface area contributed by atoms with Gasteiger partial charge in [0.25, 0.3) is 0 Å². The van der Waals surface area contributed by atoms with Crippen LogP contribution in [0.2, 0.25) is 0 Å². The van der Waals surface area contributed by atoms with E-state index in [-0.39, 0.29) is 0 Å². The summed E-state index contributed by atoms with van der Waals surface area (Å²) in [4.78, 5) is 7.07. The predicted molar refractivity (Wildman–Crippen MR) is 97.7 cm³/mol. The Morgan fingerprint density at radius 2 is 1.91 bits per heavy atom. The molecule has 1 aliphatic rings. The molecule has 1 N–H and O–H groups in total. The molecule has 3 rings (SSSR count). The average molecular weight is 313 g/mol. The number of ether oxygens (including phenoxy) is 1. The maximum absolute atomic E-state index is 5.43. The Bertz CT molecular complexity index is 661. The van der Waals surface area contributed by atoms with E-state index in [1.54, 1.807) is 7.11 Å². The third-order valence-electron chi connectivity index (χ3n) is 4.85. The zero-order valence-electron chi connectivity index (χ0n) is 14.4. The van der Waals surface area contributed by atoms with Crippen molar-refractivity contribution in [3.63, 3.8) is 0 Å². The van der Waals surface area contributed by atoms with Crippen molar-refractivity contribution in [1.82, 2.24) is 4.98 Å². The number of nitrogens with zero attached hydrogens (tertiary/aromatic N) is 2. The highest BCUT2D eigenvalue weighted by atomic mass is 16.5. The van der Waals surface area contributed by atoms with Crippen molar-refractivity contribution in [2.45, 2.75) is 45.6 Å². The number of benzene rings is 1. The fraction of sp³-hybridized carbons (Fsp3) is 0.526. The van der Waals surface area contributed by atoms with Gasteiger partial charge in [-0.3, -0.25) is 0 Å². The Kier molecular flexibility index (Phi) is 4.89. The minimum Gasteiger partial charge on any atom is -0.497 e. The van der Waals surface area contributed by atoms with Crippen LogP contribution in [-0.4, -0.2) is 31.2 Å². The molecule has 1 aromatic carbocycles. The van der Waals surface area contributed by atoms with Crippen LogP contribution in [0.3, 0.4) is 0 Å². The molecule has 0 amide bonds. The van der Waals surface area contributed by atoms with Gasteiger partial charge in [-0.25, -0.2) is 4.98 Å². The molecular weight excluding hydrogens is 286 g/mol. The van der Waals surface area contributed by atoms with Gasteiger partial charge >= 0.3 is 0 Å². The number of aromatic nitrogens is 1. The predicted octanol–water partition coefficient (Wildman–Crippen LogP) is 4.44. The van der Waals surface area contributed by atoms with Crippen LogP contribution in [0.25, 0.3) is 10.8 Å². The normalized spacial score (nSPS) is 15.1. The van der Waals surface area contributed by atoms with Gasteiger partial charge in [-0.05, 0) is 44.9 Å². The highest BCUT2D eigenvalue weighted by Gasteiger charge is 2.18. The largest absolute Gasteiger partial charge is 0.497 e. The van der Waals surface area contributed by atoms with Crippen molar-refractivity contribution in [2.75, 3.05) is 30.4 Å². The summed E-state index contributed by atoms with van der Waals surface area (Å²) in [6.07, 6.45) is 7.18. The summed E-state index contributed by atoms with van der Waals surface area (Å²) in [5.41, 5.74) is 1.14. The number of pyridine rings is 1. The molecule has 1 fully saturated rings. The summed E-state index contributed by atoms with van der Waals surface area (Å²) in [5.74, 6) is 1.92. The molecule has 1 aliphatic carbocycles. The first-order valence-corrected chi connectivity index (χ1v) is 8.75. The zero-order valence-corrected chi connectivity index (χ0v) is 14.4. The Labute approximate surface area is 138 Å². The third kappa shape index (κ3) is 3.21. The molecule has 0 atom stereocenters. The van der Waals surface area contributed by atoms with Gasteiger partial charge in [0.15, 0.2) is 0 Å². The fourth-order valence-electron chi connectivity index (χ4n) is 3.52. The third-order valence-corrected chi connectivity index (χ3v) is 4.85. The molecule has 1 aromatic heterocycles. The molecule has 0 radical (unpaired) electrons. The Hall–Kier alpha value is -1.97. The molecule has 1 saturated carbocycles. The average Bonchev–Trinajstić information content (AvgIpc) is 3.10. The summed E-state index contributed by atoms with van der Waals surface area (Å²) in [6, 6.07) is 6.88. The van der Waals surface area contributed by atoms with E-state index in [0.29, 0.717) is 6.04 Å². The molecule has 1 heterocycles. The molecule has 4 nitrogen and oxygen atoms in total. The van der Waals surface area contributed by atoms with Crippen molar-refractivity contribution in [1.29, 1.82) is 0 Å². The molecular formula is C19H27N3O. The van der Waals surface area contributed by atoms with Crippen LogP contribution < -0.4 is 15.0 Å². The van der Waals surface area contributed by atoms with E-state index in [4.69, 9.17) is 9.72 Å². The van der Waals surface area contributed by atoms with E-state index >= 15 is 0 Å². The fourth-order valence-corrected chi connectivity index (χ4v) is 3.52. The van der Waals surface area contributed by atoms with Crippen LogP contribution in [0.5, 0.6) is 5.75 Å². The lowest BCUT2D eigenvalue weighted by molar-refractivity contribution is 0.415. The summed E-state index contributed by atoms with van der Waals surface area (Å²) in [5, 5.41) is 6.10. The van der Waals surface area contributed by atoms with Gasteiger partial charge < -0.3 is 15.0 Å². The molecule has 0 unspecified atom stereocenters. The van der Waals surface area contributed by atoms with Gasteiger partial charge in [0, 0.05) is 29.9 Å². The van der Waals surface area contributed by atoms with E-state index in [2.05, 4.69) is 36.2 Å². The van der Waals surface area contributed by atoms with Gasteiger partial charge in [0.1, 0.15) is 11.6 Å². The van der Waals surface area contributed by atoms with Crippen molar-refractivity contribution >= 4 is 22.3 Å². The van der Waals surface area contributed by atoms with E-state index < -0.39 is 0 Å². The summed E-state index contributed by atoms with van der Waals surface area (Å²) in [6.45, 7) is 6.24. The summed E-state index contributed by atoms with van der Waals surface area (Å²) < 4.78 is 5.43. The van der Waals surface area contributed by atoms with Crippen molar-refractivity contribution in [2.24, 2.45) is 0 Å². The lowest BCUT2D eigenvalue weighted by Crippen LogP contribution is -2.23. The number of anilines is 2. The Morgan fingerprint density at radius 3 is 2.57 bits per heavy atom. The van der Waals surface area contributed by atoms with Crippen LogP contribution in [0.4, 0.5) is 11.5 Å². The monoisotopic (exact) mass is 313 g/mol. The van der Waals surface area contributed by atoms with Gasteiger partial charge in [-0.15, -0.1) is 0 Å². The van der Waals surface area contributed by atoms with Crippen molar-refractivity contribution < 1.29 is 4.74 Å². The molecule has 4 heteroatoms. The summed E-state index contributed by atoms with van der Waals surface area (Å²) in [7, 11) is 1.71. The first-order chi connectivity index (χ1) is 11.3. The second-order valence-electron chi connectivity index (χ2n) is 6.21. The van der Waals surface area contributed by atoms with Gasteiger partial charge in [-0.1, -0.05) is 12.8 Å². The number of rotatable bonds is 6. The minimum absolute atomic E-state index is 0.585. The molecule has 124 valence electrons. The molecule has 0 bridgehead atoms. The highest BCUT2D eigenvalue weighted by molar-refractivity contribution is 6.01. The zero-order chi connectivity index (χ0) is 16.2. The number of fused-ring (bicyclic) bond motifs is 1. The van der Waals surface area contributed by atoms with E-state index in [9.17, 15) is 0 Å². The number of hydrogen-bond donors (Lipinski definition) is 1. The van der Waals surface area contributed by atoms with Crippen LogP contribution in [-0.2, 0) is 0 Å². The number of hydrogen-bond acceptors (Lipinski definition) is 4. The van der Waals surface area contributed by atoms with Crippen molar-refractivity contribution in [3.05, 3.63) is 24.4 Å². The van der Waals surface area contributed by atoms with Crippen LogP contribution in [0.15, 0.2) is 24.4 Å². The summed E-state index contributed by atoms with van der Waals surface area (Å²) >= 11 is 0. The molecule has 0 aliphatic heterocycles. The molecule has 0 spiro atoms. The van der Waals surface area contributed by atoms with E-state index in [0.717, 1.165) is 35.7 Å². The van der Waals surface area contributed by atoms with E-state index in [1.165, 1.54) is 31.1 Å². The van der Waals surface area contributed by atoms with Crippen LogP contribution >= 0.6 is 0 Å². The lowest BCUT2D eigenvalue weighted by atomic mass is 10.1. The number of methoxy groups -OCH3 is 1. The molecule has 23 heavy (non-hydrogen) atoms. The van der Waals surface area contributed by atoms with Gasteiger partial charge in [0.2, 0.25) is 0 Å². The standard InChI is InChI=1S/C19H27N3O/c1-4-22(5-2)19-17-12-15(23-3)10-11-16(17)18(13-20-19)21-14-8-6-7-9-14/h10-14,21H,4-9H2,1-3H3. The van der Waals surface area contributed by atoms with Crippen LogP contribution in [0.1, 0.15) is 39.5 Å². The second kappa shape index (κ2) is 7.07. The highest BCUT2D eigenvalue weighted by Crippen LogP contribution is 2.34. The van der Waals surface area contributed by atoms with Gasteiger partial charge in [-0.2, -0.15) is 0 Å². The van der Waals surface area contributed by atoms with E-state index in [1.807, 2.05) is 12.3 Å². The SMILES string of the molecule is CCN(CC)c1ncc(NC2CCCC2)c2ccc(OC)cc12. The topological polar surface area (TPSA) is 37.4 Å². The second-order valence-corrected chi connectivity index (χ2v) is 6.21. The Balaban J connectivity index is 2.07.